The third-order valence-corrected chi connectivity index (χ3v) is 8.74. The van der Waals surface area contributed by atoms with E-state index in [1.165, 1.54) is 79.3 Å². The molecule has 2 fully saturated rings. The number of aromatic nitrogens is 1. The molecule has 0 amide bonds. The zero-order valence-electron chi connectivity index (χ0n) is 21.0. The molecular weight excluding hydrogens is 414 g/mol. The van der Waals surface area contributed by atoms with E-state index in [1.54, 1.807) is 0 Å². The number of carbonyl (C=O) groups is 1. The predicted molar refractivity (Wildman–Crippen MR) is 147 cm³/mol. The first-order chi connectivity index (χ1) is 16.7. The molecule has 5 rings (SSSR count). The third-order valence-electron chi connectivity index (χ3n) is 8.74. The maximum absolute atomic E-state index is 12.8. The molecule has 2 heteroatoms. The number of hydrogen-bond donors (Lipinski definition) is 0. The van der Waals surface area contributed by atoms with Crippen molar-refractivity contribution in [2.75, 3.05) is 0 Å². The topological polar surface area (TPSA) is 30.0 Å². The lowest BCUT2D eigenvalue weighted by Gasteiger charge is -2.31. The van der Waals surface area contributed by atoms with E-state index in [-0.39, 0.29) is 4.28 Å². The van der Waals surface area contributed by atoms with Crippen molar-refractivity contribution in [1.82, 2.24) is 4.98 Å². The maximum atomic E-state index is 12.8. The molecule has 3 aliphatic carbocycles. The summed E-state index contributed by atoms with van der Waals surface area (Å²) in [4.78, 5) is 17.7. The lowest BCUT2D eigenvalue weighted by atomic mass is 9.75. The minimum Gasteiger partial charge on any atom is -0.299 e. The number of fused-ring (bicyclic) bond motifs is 1. The Morgan fingerprint density at radius 3 is 2.85 bits per heavy atom. The van der Waals surface area contributed by atoms with Crippen molar-refractivity contribution in [1.29, 1.82) is 0 Å². The number of benzene rings is 1. The number of ketones is 1. The van der Waals surface area contributed by atoms with Crippen molar-refractivity contribution in [3.05, 3.63) is 70.6 Å². The Bertz CT molecular complexity index is 1040. The van der Waals surface area contributed by atoms with Gasteiger partial charge in [-0.3, -0.25) is 9.78 Å². The minimum absolute atomic E-state index is 0. The molecule has 1 aromatic carbocycles. The van der Waals surface area contributed by atoms with Crippen molar-refractivity contribution in [3.63, 3.8) is 0 Å². The van der Waals surface area contributed by atoms with Crippen molar-refractivity contribution >= 4 is 11.9 Å². The summed E-state index contributed by atoms with van der Waals surface area (Å²) in [5, 5.41) is 0. The van der Waals surface area contributed by atoms with E-state index in [1.807, 2.05) is 6.20 Å². The van der Waals surface area contributed by atoms with Gasteiger partial charge in [0, 0.05) is 29.2 Å². The van der Waals surface area contributed by atoms with Crippen LogP contribution in [0.15, 0.2) is 42.6 Å². The first-order valence-electron chi connectivity index (χ1n) is 13.9. The lowest BCUT2D eigenvalue weighted by molar-refractivity contribution is -0.118. The van der Waals surface area contributed by atoms with Crippen LogP contribution in [0.4, 0.5) is 0 Å². The van der Waals surface area contributed by atoms with Crippen LogP contribution in [0.2, 0.25) is 0 Å². The highest BCUT2D eigenvalue weighted by molar-refractivity contribution is 5.80. The fraction of sp³-hybridized carbons (Fsp3) is 0.562. The fourth-order valence-electron chi connectivity index (χ4n) is 6.91. The Labute approximate surface area is 210 Å². The molecule has 0 saturated heterocycles. The van der Waals surface area contributed by atoms with Crippen LogP contribution in [0.1, 0.15) is 122 Å². The molecular formula is C32H47NO. The average Bonchev–Trinajstić information content (AvgIpc) is 2.87. The van der Waals surface area contributed by atoms with Gasteiger partial charge in [0.05, 0.1) is 5.69 Å². The highest BCUT2D eigenvalue weighted by Crippen LogP contribution is 2.43. The van der Waals surface area contributed by atoms with Gasteiger partial charge in [0.15, 0.2) is 0 Å². The molecule has 2 saturated carbocycles. The second kappa shape index (κ2) is 11.0. The normalized spacial score (nSPS) is 26.7. The van der Waals surface area contributed by atoms with Gasteiger partial charge in [-0.25, -0.2) is 0 Å². The summed E-state index contributed by atoms with van der Waals surface area (Å²) in [6, 6.07) is 11.2. The predicted octanol–water partition coefficient (Wildman–Crippen LogP) is 8.94. The Balaban J connectivity index is 0.00000160. The number of nitrogens with zero attached hydrogens (tertiary/aromatic N) is 1. The van der Waals surface area contributed by atoms with Crippen molar-refractivity contribution in [2.45, 2.75) is 102 Å². The number of rotatable bonds is 7. The highest BCUT2D eigenvalue weighted by atomic mass is 16.1. The molecule has 34 heavy (non-hydrogen) atoms. The fourth-order valence-corrected chi connectivity index (χ4v) is 6.91. The standard InChI is InChI=1S/C32H41NO.3H2/c1-23-7-4-8-24(19-23)15-16-30(34)21-25-9-5-11-27(20-25)28-12-6-13-29(22-28)32-31-14-3-2-10-26(31)17-18-33-32;;;/h3,5,9,11,14,17-18,20,23-24,28-29H,2,4,6-8,10,12-13,15-16,19,21-22H2,1H3;3*1H. The molecule has 0 bridgehead atoms. The largest absolute Gasteiger partial charge is 0.299 e. The zero-order chi connectivity index (χ0) is 23.3. The number of aryl methyl sites for hydroxylation is 1. The first-order valence-corrected chi connectivity index (χ1v) is 13.9. The van der Waals surface area contributed by atoms with Gasteiger partial charge in [0.2, 0.25) is 0 Å². The number of carbonyl (C=O) groups excluding carboxylic acids is 1. The van der Waals surface area contributed by atoms with Gasteiger partial charge in [0.1, 0.15) is 5.78 Å². The average molecular weight is 462 g/mol. The Kier molecular flexibility index (Phi) is 7.62. The second-order valence-electron chi connectivity index (χ2n) is 11.4. The van der Waals surface area contributed by atoms with Crippen LogP contribution >= 0.6 is 0 Å². The lowest BCUT2D eigenvalue weighted by Crippen LogP contribution is -2.16. The van der Waals surface area contributed by atoms with Crippen LogP contribution in [-0.4, -0.2) is 10.8 Å². The van der Waals surface area contributed by atoms with Crippen LogP contribution in [0.5, 0.6) is 0 Å². The number of hydrogen-bond acceptors (Lipinski definition) is 2. The van der Waals surface area contributed by atoms with Gasteiger partial charge in [-0.1, -0.05) is 69.0 Å². The maximum Gasteiger partial charge on any atom is 0.137 e. The monoisotopic (exact) mass is 461 g/mol. The summed E-state index contributed by atoms with van der Waals surface area (Å²) in [7, 11) is 0. The SMILES string of the molecule is CC1CCCC(CCC(=O)Cc2cccc(C3CCCC(c4nccc5c4C=CCC5)C3)c2)C1.[HH].[HH].[HH]. The van der Waals surface area contributed by atoms with Crippen molar-refractivity contribution in [2.24, 2.45) is 11.8 Å². The molecule has 2 aromatic rings. The smallest absolute Gasteiger partial charge is 0.137 e. The zero-order valence-corrected chi connectivity index (χ0v) is 21.0. The Morgan fingerprint density at radius 1 is 1.06 bits per heavy atom. The third kappa shape index (κ3) is 5.70. The van der Waals surface area contributed by atoms with Crippen molar-refractivity contribution < 1.29 is 9.07 Å². The number of Topliss-reactive ketones (excluding diaryl/α,β-unsaturated/α-hetero) is 1. The van der Waals surface area contributed by atoms with Crippen molar-refractivity contribution in [3.8, 4) is 0 Å². The molecule has 1 aromatic heterocycles. The Morgan fingerprint density at radius 2 is 1.94 bits per heavy atom. The number of pyridine rings is 1. The van der Waals surface area contributed by atoms with Gasteiger partial charge in [0.25, 0.3) is 0 Å². The van der Waals surface area contributed by atoms with E-state index >= 15 is 0 Å². The van der Waals surface area contributed by atoms with Crippen LogP contribution in [0.25, 0.3) is 6.08 Å². The molecule has 0 aliphatic heterocycles. The molecule has 4 unspecified atom stereocenters. The molecule has 2 nitrogen and oxygen atoms in total. The van der Waals surface area contributed by atoms with Gasteiger partial charge in [-0.15, -0.1) is 0 Å². The quantitative estimate of drug-likeness (QED) is 0.412. The molecule has 186 valence electrons. The Hall–Kier alpha value is -2.22. The van der Waals surface area contributed by atoms with E-state index in [0.29, 0.717) is 24.0 Å². The van der Waals surface area contributed by atoms with Gasteiger partial charge < -0.3 is 0 Å². The molecule has 0 radical (unpaired) electrons. The second-order valence-corrected chi connectivity index (χ2v) is 11.4. The highest BCUT2D eigenvalue weighted by Gasteiger charge is 2.28. The van der Waals surface area contributed by atoms with E-state index in [9.17, 15) is 4.79 Å². The van der Waals surface area contributed by atoms with Crippen LogP contribution in [0.3, 0.4) is 0 Å². The first kappa shape index (κ1) is 23.5. The van der Waals surface area contributed by atoms with E-state index in [0.717, 1.165) is 37.5 Å². The summed E-state index contributed by atoms with van der Waals surface area (Å²) >= 11 is 0. The summed E-state index contributed by atoms with van der Waals surface area (Å²) in [6.45, 7) is 2.37. The van der Waals surface area contributed by atoms with Gasteiger partial charge >= 0.3 is 0 Å². The molecule has 0 spiro atoms. The van der Waals surface area contributed by atoms with Crippen LogP contribution in [0, 0.1) is 11.8 Å². The molecule has 3 aliphatic rings. The summed E-state index contributed by atoms with van der Waals surface area (Å²) < 4.78 is 0. The van der Waals surface area contributed by atoms with Gasteiger partial charge in [-0.2, -0.15) is 0 Å². The van der Waals surface area contributed by atoms with E-state index < -0.39 is 0 Å². The number of allylic oxidation sites excluding steroid dienone is 1. The summed E-state index contributed by atoms with van der Waals surface area (Å²) in [6.07, 6.45) is 21.7. The summed E-state index contributed by atoms with van der Waals surface area (Å²) in [5.74, 6) is 3.15. The van der Waals surface area contributed by atoms with E-state index in [4.69, 9.17) is 4.98 Å². The van der Waals surface area contributed by atoms with Crippen LogP contribution in [-0.2, 0) is 17.6 Å². The van der Waals surface area contributed by atoms with Crippen LogP contribution < -0.4 is 0 Å². The molecule has 0 N–H and O–H groups in total. The molecule has 4 atom stereocenters. The van der Waals surface area contributed by atoms with Gasteiger partial charge in [-0.05, 0) is 91.0 Å². The van der Waals surface area contributed by atoms with E-state index in [2.05, 4.69) is 49.4 Å². The minimum atomic E-state index is 0. The molecule has 1 heterocycles. The summed E-state index contributed by atoms with van der Waals surface area (Å²) in [5.41, 5.74) is 6.82.